The second kappa shape index (κ2) is 7.51. The number of methoxy groups -OCH3 is 1. The van der Waals surface area contributed by atoms with Crippen molar-refractivity contribution in [2.45, 2.75) is 25.0 Å². The Morgan fingerprint density at radius 3 is 2.19 bits per heavy atom. The molecule has 0 spiro atoms. The third kappa shape index (κ3) is 4.66. The minimum atomic E-state index is -1.72. The summed E-state index contributed by atoms with van der Waals surface area (Å²) >= 11 is 0. The fraction of sp³-hybridized carbons (Fsp3) is 0.357. The van der Waals surface area contributed by atoms with Crippen LogP contribution in [0.1, 0.15) is 34.9 Å². The highest BCUT2D eigenvalue weighted by atomic mass is 16.5. The molecule has 0 aliphatic heterocycles. The number of hydrogen-bond donors (Lipinski definition) is 3. The third-order valence-electron chi connectivity index (χ3n) is 2.95. The summed E-state index contributed by atoms with van der Waals surface area (Å²) in [6.45, 7) is 0. The summed E-state index contributed by atoms with van der Waals surface area (Å²) in [4.78, 5) is 33.5. The number of aliphatic hydroxyl groups excluding tert-OH is 2. The van der Waals surface area contributed by atoms with Crippen molar-refractivity contribution in [1.82, 2.24) is 0 Å². The molecule has 1 amide bonds. The molecule has 4 N–H and O–H groups in total. The van der Waals surface area contributed by atoms with E-state index in [4.69, 9.17) is 5.73 Å². The molecule has 0 fully saturated rings. The number of esters is 1. The second-order valence-corrected chi connectivity index (χ2v) is 4.41. The van der Waals surface area contributed by atoms with Crippen molar-refractivity contribution < 1.29 is 29.3 Å². The normalized spacial score (nSPS) is 13.3. The highest BCUT2D eigenvalue weighted by Crippen LogP contribution is 2.18. The van der Waals surface area contributed by atoms with E-state index in [1.807, 2.05) is 0 Å². The van der Waals surface area contributed by atoms with Gasteiger partial charge in [-0.3, -0.25) is 14.4 Å². The van der Waals surface area contributed by atoms with E-state index in [1.54, 1.807) is 0 Å². The van der Waals surface area contributed by atoms with Crippen molar-refractivity contribution >= 4 is 17.7 Å². The predicted molar refractivity (Wildman–Crippen MR) is 72.2 cm³/mol. The van der Waals surface area contributed by atoms with Crippen molar-refractivity contribution in [3.63, 3.8) is 0 Å². The number of Topliss-reactive ketones (excluding diaryl/α,β-unsaturated/α-hetero) is 1. The zero-order valence-electron chi connectivity index (χ0n) is 11.5. The molecule has 0 aromatic heterocycles. The van der Waals surface area contributed by atoms with Crippen LogP contribution in [-0.4, -0.2) is 41.1 Å². The van der Waals surface area contributed by atoms with Crippen LogP contribution >= 0.6 is 0 Å². The van der Waals surface area contributed by atoms with E-state index in [1.165, 1.54) is 31.4 Å². The number of carbonyl (C=O) groups excluding carboxylic acids is 3. The van der Waals surface area contributed by atoms with Gasteiger partial charge in [-0.1, -0.05) is 24.3 Å². The molecule has 0 aliphatic rings. The van der Waals surface area contributed by atoms with Crippen LogP contribution in [-0.2, 0) is 14.3 Å². The standard InChI is InChI=1S/C14H17NO6/c1-21-11(17)7-6-10(16)8-2-4-9(5-3-8)12(18)13(19)14(15)20/h2-5,12-13,18-19H,6-7H2,1H3,(H2,15,20). The van der Waals surface area contributed by atoms with Crippen molar-refractivity contribution in [3.8, 4) is 0 Å². The molecule has 1 rings (SSSR count). The Balaban J connectivity index is 2.71. The summed E-state index contributed by atoms with van der Waals surface area (Å²) in [5.41, 5.74) is 5.49. The van der Waals surface area contributed by atoms with Crippen LogP contribution in [0.5, 0.6) is 0 Å². The lowest BCUT2D eigenvalue weighted by Crippen LogP contribution is -2.33. The Bertz CT molecular complexity index is 525. The Morgan fingerprint density at radius 2 is 1.71 bits per heavy atom. The van der Waals surface area contributed by atoms with E-state index in [2.05, 4.69) is 4.74 Å². The monoisotopic (exact) mass is 295 g/mol. The number of benzene rings is 1. The fourth-order valence-electron chi connectivity index (χ4n) is 1.67. The first-order chi connectivity index (χ1) is 9.86. The number of hydrogen-bond acceptors (Lipinski definition) is 6. The van der Waals surface area contributed by atoms with Crippen LogP contribution < -0.4 is 5.73 Å². The Morgan fingerprint density at radius 1 is 1.14 bits per heavy atom. The number of nitrogens with two attached hydrogens (primary N) is 1. The van der Waals surface area contributed by atoms with Gasteiger partial charge in [-0.15, -0.1) is 0 Å². The topological polar surface area (TPSA) is 127 Å². The molecule has 0 saturated carbocycles. The van der Waals surface area contributed by atoms with Gasteiger partial charge in [0.2, 0.25) is 5.91 Å². The van der Waals surface area contributed by atoms with Gasteiger partial charge in [0.15, 0.2) is 11.9 Å². The number of rotatable bonds is 7. The van der Waals surface area contributed by atoms with E-state index >= 15 is 0 Å². The van der Waals surface area contributed by atoms with E-state index in [9.17, 15) is 24.6 Å². The van der Waals surface area contributed by atoms with Crippen LogP contribution in [0.15, 0.2) is 24.3 Å². The number of carbonyl (C=O) groups is 3. The average molecular weight is 295 g/mol. The predicted octanol–water partition coefficient (Wildman–Crippen LogP) is -0.298. The van der Waals surface area contributed by atoms with E-state index in [0.717, 1.165) is 0 Å². The van der Waals surface area contributed by atoms with Gasteiger partial charge in [0, 0.05) is 12.0 Å². The minimum absolute atomic E-state index is 0.0124. The SMILES string of the molecule is COC(=O)CCC(=O)c1ccc(C(O)C(O)C(N)=O)cc1. The molecule has 21 heavy (non-hydrogen) atoms. The molecule has 0 saturated heterocycles. The maximum Gasteiger partial charge on any atom is 0.305 e. The summed E-state index contributed by atoms with van der Waals surface area (Å²) < 4.78 is 4.44. The lowest BCUT2D eigenvalue weighted by molar-refractivity contribution is -0.140. The van der Waals surface area contributed by atoms with Gasteiger partial charge in [0.05, 0.1) is 13.5 Å². The molecule has 7 nitrogen and oxygen atoms in total. The highest BCUT2D eigenvalue weighted by Gasteiger charge is 2.23. The van der Waals surface area contributed by atoms with Crippen molar-refractivity contribution in [2.75, 3.05) is 7.11 Å². The Kier molecular flexibility index (Phi) is 6.01. The molecule has 2 atom stereocenters. The zero-order chi connectivity index (χ0) is 16.0. The maximum atomic E-state index is 11.8. The largest absolute Gasteiger partial charge is 0.469 e. The fourth-order valence-corrected chi connectivity index (χ4v) is 1.67. The van der Waals surface area contributed by atoms with Crippen molar-refractivity contribution in [2.24, 2.45) is 5.73 Å². The molecule has 0 aliphatic carbocycles. The van der Waals surface area contributed by atoms with Gasteiger partial charge in [0.1, 0.15) is 6.10 Å². The Labute approximate surface area is 121 Å². The van der Waals surface area contributed by atoms with Gasteiger partial charge < -0.3 is 20.7 Å². The lowest BCUT2D eigenvalue weighted by Gasteiger charge is -2.15. The van der Waals surface area contributed by atoms with Gasteiger partial charge in [-0.05, 0) is 5.56 Å². The lowest BCUT2D eigenvalue weighted by atomic mass is 10.00. The van der Waals surface area contributed by atoms with Crippen LogP contribution in [0, 0.1) is 0 Å². The molecule has 0 bridgehead atoms. The first kappa shape index (κ1) is 16.8. The van der Waals surface area contributed by atoms with Crippen molar-refractivity contribution in [1.29, 1.82) is 0 Å². The van der Waals surface area contributed by atoms with Gasteiger partial charge in [-0.25, -0.2) is 0 Å². The number of ketones is 1. The summed E-state index contributed by atoms with van der Waals surface area (Å²) in [6, 6.07) is 5.68. The van der Waals surface area contributed by atoms with Gasteiger partial charge in [0.25, 0.3) is 0 Å². The smallest absolute Gasteiger partial charge is 0.305 e. The van der Waals surface area contributed by atoms with Crippen LogP contribution in [0.25, 0.3) is 0 Å². The quantitative estimate of drug-likeness (QED) is 0.468. The maximum absolute atomic E-state index is 11.8. The number of aliphatic hydroxyl groups is 2. The van der Waals surface area contributed by atoms with Crippen LogP contribution in [0.4, 0.5) is 0 Å². The molecule has 1 aromatic carbocycles. The number of amides is 1. The molecule has 0 heterocycles. The minimum Gasteiger partial charge on any atom is -0.469 e. The third-order valence-corrected chi connectivity index (χ3v) is 2.95. The summed E-state index contributed by atoms with van der Waals surface area (Å²) in [6.07, 6.45) is -3.17. The van der Waals surface area contributed by atoms with E-state index in [0.29, 0.717) is 5.56 Å². The summed E-state index contributed by atoms with van der Waals surface area (Å²) in [5, 5.41) is 19.1. The number of primary amides is 1. The van der Waals surface area contributed by atoms with Crippen LogP contribution in [0.2, 0.25) is 0 Å². The molecular weight excluding hydrogens is 278 g/mol. The molecule has 2 unspecified atom stereocenters. The van der Waals surface area contributed by atoms with Crippen molar-refractivity contribution in [3.05, 3.63) is 35.4 Å². The summed E-state index contributed by atoms with van der Waals surface area (Å²) in [5.74, 6) is -1.77. The summed E-state index contributed by atoms with van der Waals surface area (Å²) in [7, 11) is 1.24. The first-order valence-electron chi connectivity index (χ1n) is 6.22. The first-order valence-corrected chi connectivity index (χ1v) is 6.22. The van der Waals surface area contributed by atoms with Gasteiger partial charge in [-0.2, -0.15) is 0 Å². The highest BCUT2D eigenvalue weighted by molar-refractivity contribution is 5.97. The molecular formula is C14H17NO6. The molecule has 114 valence electrons. The number of ether oxygens (including phenoxy) is 1. The van der Waals surface area contributed by atoms with Crippen LogP contribution in [0.3, 0.4) is 0 Å². The molecule has 1 aromatic rings. The average Bonchev–Trinajstić information content (AvgIpc) is 2.50. The van der Waals surface area contributed by atoms with E-state index < -0.39 is 24.1 Å². The Hall–Kier alpha value is -2.25. The second-order valence-electron chi connectivity index (χ2n) is 4.41. The van der Waals surface area contributed by atoms with Gasteiger partial charge >= 0.3 is 5.97 Å². The molecule has 0 radical (unpaired) electrons. The van der Waals surface area contributed by atoms with E-state index in [-0.39, 0.29) is 24.2 Å². The zero-order valence-corrected chi connectivity index (χ0v) is 11.5. The molecule has 7 heteroatoms.